The van der Waals surface area contributed by atoms with E-state index >= 15 is 0 Å². The number of fused-ring (bicyclic) bond motifs is 2. The molecule has 54 valence electrons. The van der Waals surface area contributed by atoms with Crippen molar-refractivity contribution in [1.82, 2.24) is 0 Å². The summed E-state index contributed by atoms with van der Waals surface area (Å²) in [5, 5.41) is 0.789. The maximum absolute atomic E-state index is 10.8. The van der Waals surface area contributed by atoms with Gasteiger partial charge >= 0.3 is 0 Å². The van der Waals surface area contributed by atoms with Crippen molar-refractivity contribution in [1.29, 1.82) is 0 Å². The monoisotopic (exact) mass is 174 g/mol. The summed E-state index contributed by atoms with van der Waals surface area (Å²) in [7, 11) is 0. The van der Waals surface area contributed by atoms with Gasteiger partial charge in [-0.05, 0) is 18.0 Å². The second-order valence-corrected chi connectivity index (χ2v) is 4.46. The topological polar surface area (TPSA) is 17.1 Å². The first kappa shape index (κ1) is 6.74. The Labute approximate surface area is 68.8 Å². The van der Waals surface area contributed by atoms with E-state index in [0.29, 0.717) is 10.5 Å². The Morgan fingerprint density at radius 2 is 2.40 bits per heavy atom. The van der Waals surface area contributed by atoms with Crippen molar-refractivity contribution in [3.05, 3.63) is 12.2 Å². The molecule has 2 bridgehead atoms. The highest BCUT2D eigenvalue weighted by Crippen LogP contribution is 2.45. The van der Waals surface area contributed by atoms with Gasteiger partial charge in [-0.1, -0.05) is 12.2 Å². The van der Waals surface area contributed by atoms with Gasteiger partial charge < -0.3 is 0 Å². The number of hydrogen-bond donors (Lipinski definition) is 0. The molecule has 0 unspecified atom stereocenters. The van der Waals surface area contributed by atoms with Crippen LogP contribution in [-0.4, -0.2) is 15.7 Å². The van der Waals surface area contributed by atoms with E-state index in [-0.39, 0.29) is 11.2 Å². The van der Waals surface area contributed by atoms with Crippen molar-refractivity contribution in [3.8, 4) is 0 Å². The molecule has 10 heavy (non-hydrogen) atoms. The average Bonchev–Trinajstić information content (AvgIpc) is 2.44. The van der Waals surface area contributed by atoms with E-state index < -0.39 is 0 Å². The smallest absolute Gasteiger partial charge is 0.226 e. The minimum Gasteiger partial charge on any atom is -0.281 e. The fourth-order valence-corrected chi connectivity index (χ4v) is 3.30. The van der Waals surface area contributed by atoms with Crippen molar-refractivity contribution >= 4 is 28.6 Å². The first-order chi connectivity index (χ1) is 4.77. The molecule has 0 saturated carbocycles. The van der Waals surface area contributed by atoms with Crippen LogP contribution in [0.2, 0.25) is 0 Å². The number of rotatable bonds is 1. The average molecular weight is 175 g/mol. The van der Waals surface area contributed by atoms with Crippen molar-refractivity contribution < 1.29 is 4.79 Å². The Bertz CT molecular complexity index is 202. The molecule has 0 aromatic carbocycles. The maximum Gasteiger partial charge on any atom is 0.226 e. The van der Waals surface area contributed by atoms with Crippen molar-refractivity contribution in [3.63, 3.8) is 0 Å². The van der Waals surface area contributed by atoms with Crippen LogP contribution in [0.4, 0.5) is 0 Å². The van der Waals surface area contributed by atoms with Gasteiger partial charge in [0.15, 0.2) is 0 Å². The molecule has 3 heteroatoms. The second-order valence-electron chi connectivity index (χ2n) is 2.67. The van der Waals surface area contributed by atoms with Crippen LogP contribution in [0.5, 0.6) is 0 Å². The molecule has 2 heterocycles. The third-order valence-electron chi connectivity index (χ3n) is 2.02. The Morgan fingerprint density at radius 1 is 1.60 bits per heavy atom. The van der Waals surface area contributed by atoms with Gasteiger partial charge in [0.25, 0.3) is 0 Å². The normalized spacial score (nSPS) is 42.7. The summed E-state index contributed by atoms with van der Waals surface area (Å²) in [5.41, 5.74) is 0. The fraction of sp³-hybridized carbons (Fsp3) is 0.571. The lowest BCUT2D eigenvalue weighted by Gasteiger charge is -2.09. The van der Waals surface area contributed by atoms with Crippen LogP contribution < -0.4 is 0 Å². The maximum atomic E-state index is 10.8. The van der Waals surface area contributed by atoms with Crippen LogP contribution in [0.25, 0.3) is 0 Å². The summed E-state index contributed by atoms with van der Waals surface area (Å²) in [4.78, 5) is 10.8. The first-order valence-corrected chi connectivity index (χ1v) is 4.62. The molecule has 1 saturated heterocycles. The van der Waals surface area contributed by atoms with E-state index in [4.69, 9.17) is 11.6 Å². The minimum atomic E-state index is -0.163. The summed E-state index contributed by atoms with van der Waals surface area (Å²) in [5.74, 6) is 0.0988. The van der Waals surface area contributed by atoms with Crippen LogP contribution in [0.1, 0.15) is 6.42 Å². The Morgan fingerprint density at radius 3 is 2.70 bits per heavy atom. The number of carbonyl (C=O) groups excluding carboxylic acids is 1. The first-order valence-electron chi connectivity index (χ1n) is 3.30. The largest absolute Gasteiger partial charge is 0.281 e. The molecule has 0 amide bonds. The lowest BCUT2D eigenvalue weighted by molar-refractivity contribution is -0.114. The summed E-state index contributed by atoms with van der Waals surface area (Å²) in [6, 6.07) is 0. The van der Waals surface area contributed by atoms with Crippen LogP contribution >= 0.6 is 23.4 Å². The van der Waals surface area contributed by atoms with Crippen molar-refractivity contribution in [2.24, 2.45) is 5.92 Å². The Balaban J connectivity index is 2.16. The van der Waals surface area contributed by atoms with E-state index in [1.165, 1.54) is 0 Å². The van der Waals surface area contributed by atoms with Gasteiger partial charge in [-0.15, -0.1) is 11.8 Å². The molecule has 2 rings (SSSR count). The lowest BCUT2D eigenvalue weighted by atomic mass is 9.96. The molecule has 3 atom stereocenters. The molecular formula is C7H7ClOS. The van der Waals surface area contributed by atoms with Crippen molar-refractivity contribution in [2.45, 2.75) is 16.9 Å². The third-order valence-corrected chi connectivity index (χ3v) is 3.80. The van der Waals surface area contributed by atoms with Gasteiger partial charge in [0, 0.05) is 16.4 Å². The van der Waals surface area contributed by atoms with E-state index in [0.717, 1.165) is 6.42 Å². The van der Waals surface area contributed by atoms with E-state index in [1.54, 1.807) is 0 Å². The summed E-state index contributed by atoms with van der Waals surface area (Å²) < 4.78 is 0. The molecule has 1 nitrogen and oxygen atoms in total. The standard InChI is InChI=1S/C7H7ClOS/c8-7(9)5-3-4-1-2-6(5)10-4/h1-2,4-6H,3H2/t4-,5+,6+/m1/s1. The summed E-state index contributed by atoms with van der Waals surface area (Å²) in [6.07, 6.45) is 5.23. The molecular weight excluding hydrogens is 168 g/mol. The van der Waals surface area contributed by atoms with Crippen LogP contribution in [0, 0.1) is 5.92 Å². The van der Waals surface area contributed by atoms with Crippen LogP contribution in [0.15, 0.2) is 12.2 Å². The zero-order valence-electron chi connectivity index (χ0n) is 5.29. The molecule has 0 aliphatic carbocycles. The Hall–Kier alpha value is 0.0500. The van der Waals surface area contributed by atoms with E-state index in [9.17, 15) is 4.79 Å². The van der Waals surface area contributed by atoms with Gasteiger partial charge in [-0.2, -0.15) is 0 Å². The number of carbonyl (C=O) groups is 1. The highest BCUT2D eigenvalue weighted by atomic mass is 35.5. The Kier molecular flexibility index (Phi) is 1.53. The molecule has 1 fully saturated rings. The lowest BCUT2D eigenvalue weighted by Crippen LogP contribution is -2.17. The highest BCUT2D eigenvalue weighted by Gasteiger charge is 2.39. The number of thioether (sulfide) groups is 1. The number of halogens is 1. The number of hydrogen-bond acceptors (Lipinski definition) is 2. The predicted octanol–water partition coefficient (Wildman–Crippen LogP) is 1.81. The van der Waals surface area contributed by atoms with Gasteiger partial charge in [0.2, 0.25) is 5.24 Å². The fourth-order valence-electron chi connectivity index (χ4n) is 1.50. The zero-order chi connectivity index (χ0) is 7.14. The van der Waals surface area contributed by atoms with Gasteiger partial charge in [-0.3, -0.25) is 4.79 Å². The third kappa shape index (κ3) is 0.903. The molecule has 0 radical (unpaired) electrons. The molecule has 2 aliphatic heterocycles. The van der Waals surface area contributed by atoms with Crippen LogP contribution in [-0.2, 0) is 4.79 Å². The van der Waals surface area contributed by atoms with E-state index in [2.05, 4.69) is 12.2 Å². The molecule has 2 aliphatic rings. The SMILES string of the molecule is O=C(Cl)[C@H]1C[C@H]2C=C[C@@H]1S2. The quantitative estimate of drug-likeness (QED) is 0.446. The molecule has 0 N–H and O–H groups in total. The highest BCUT2D eigenvalue weighted by molar-refractivity contribution is 8.01. The van der Waals surface area contributed by atoms with Crippen LogP contribution in [0.3, 0.4) is 0 Å². The van der Waals surface area contributed by atoms with E-state index in [1.807, 2.05) is 11.8 Å². The predicted molar refractivity (Wildman–Crippen MR) is 43.3 cm³/mol. The zero-order valence-corrected chi connectivity index (χ0v) is 6.86. The van der Waals surface area contributed by atoms with Gasteiger partial charge in [0.05, 0.1) is 0 Å². The second kappa shape index (κ2) is 2.28. The summed E-state index contributed by atoms with van der Waals surface area (Å²) >= 11 is 7.24. The molecule has 0 aromatic rings. The van der Waals surface area contributed by atoms with Gasteiger partial charge in [0.1, 0.15) is 0 Å². The van der Waals surface area contributed by atoms with Gasteiger partial charge in [-0.25, -0.2) is 0 Å². The van der Waals surface area contributed by atoms with Crippen molar-refractivity contribution in [2.75, 3.05) is 0 Å². The summed E-state index contributed by atoms with van der Waals surface area (Å²) in [6.45, 7) is 0. The molecule has 0 aromatic heterocycles. The minimum absolute atomic E-state index is 0.0988. The molecule has 0 spiro atoms.